The molecule has 1 saturated heterocycles. The number of hydrogen-bond acceptors (Lipinski definition) is 10. The number of amides is 3. The zero-order chi connectivity index (χ0) is 46.3. The van der Waals surface area contributed by atoms with Gasteiger partial charge in [-0.15, -0.1) is 11.3 Å². The van der Waals surface area contributed by atoms with Crippen LogP contribution < -0.4 is 15.4 Å². The Hall–Kier alpha value is -5.35. The first kappa shape index (κ1) is 47.6. The quantitative estimate of drug-likeness (QED) is 0.0684. The summed E-state index contributed by atoms with van der Waals surface area (Å²) in [5.74, 6) is -0.676. The molecule has 2 aliphatic heterocycles. The van der Waals surface area contributed by atoms with E-state index in [1.165, 1.54) is 21.6 Å². The van der Waals surface area contributed by atoms with Crippen LogP contribution >= 0.6 is 11.3 Å². The van der Waals surface area contributed by atoms with E-state index in [4.69, 9.17) is 14.5 Å². The highest BCUT2D eigenvalue weighted by Crippen LogP contribution is 2.48. The van der Waals surface area contributed by atoms with Crippen molar-refractivity contribution < 1.29 is 37.7 Å². The van der Waals surface area contributed by atoms with Crippen LogP contribution in [0.1, 0.15) is 87.5 Å². The number of halogens is 2. The normalized spacial score (nSPS) is 20.3. The molecule has 2 aromatic carbocycles. The fourth-order valence-corrected chi connectivity index (χ4v) is 9.85. The molecule has 2 aromatic heterocycles. The maximum Gasteiger partial charge on any atom is 0.251 e. The molecule has 0 saturated carbocycles. The minimum atomic E-state index is -2.45. The Labute approximate surface area is 384 Å². The third kappa shape index (κ3) is 11.7. The number of aromatic nitrogens is 2. The van der Waals surface area contributed by atoms with Gasteiger partial charge in [-0.2, -0.15) is 0 Å². The lowest BCUT2D eigenvalue weighted by molar-refractivity contribution is -0.144. The molecule has 7 rings (SSSR count). The number of aliphatic hydroxyl groups excluding tert-OH is 1. The highest BCUT2D eigenvalue weighted by Gasteiger charge is 2.45. The number of carbonyl (C=O) groups excluding carboxylic acids is 3. The maximum absolute atomic E-state index is 14.0. The van der Waals surface area contributed by atoms with Gasteiger partial charge in [-0.05, 0) is 90.5 Å². The summed E-state index contributed by atoms with van der Waals surface area (Å²) >= 11 is 1.57. The molecule has 12 nitrogen and oxygen atoms in total. The predicted octanol–water partition coefficient (Wildman–Crippen LogP) is 7.46. The Morgan fingerprint density at radius 3 is 2.46 bits per heavy atom. The molecule has 3 amide bonds. The molecule has 65 heavy (non-hydrogen) atoms. The number of carbonyl (C=O) groups is 3. The lowest BCUT2D eigenvalue weighted by Crippen LogP contribution is -2.58. The summed E-state index contributed by atoms with van der Waals surface area (Å²) in [5.41, 5.74) is 9.60. The van der Waals surface area contributed by atoms with Crippen molar-refractivity contribution >= 4 is 34.6 Å². The molecule has 0 bridgehead atoms. The first-order valence-electron chi connectivity index (χ1n) is 22.4. The summed E-state index contributed by atoms with van der Waals surface area (Å²) in [6, 6.07) is 17.7. The second kappa shape index (κ2) is 21.3. The van der Waals surface area contributed by atoms with Crippen LogP contribution in [-0.4, -0.2) is 106 Å². The van der Waals surface area contributed by atoms with Crippen LogP contribution in [-0.2, 0) is 32.1 Å². The van der Waals surface area contributed by atoms with Gasteiger partial charge in [-0.3, -0.25) is 24.3 Å². The molecule has 4 heterocycles. The second-order valence-corrected chi connectivity index (χ2v) is 19.0. The number of alkyl halides is 2. The average Bonchev–Trinajstić information content (AvgIpc) is 4.00. The lowest BCUT2D eigenvalue weighted by atomic mass is 9.85. The van der Waals surface area contributed by atoms with Crippen molar-refractivity contribution in [2.75, 3.05) is 32.9 Å². The third-order valence-corrected chi connectivity index (χ3v) is 13.3. The van der Waals surface area contributed by atoms with Crippen molar-refractivity contribution in [1.82, 2.24) is 30.4 Å². The number of likely N-dealkylation sites (tertiary alicyclic amines) is 1. The Balaban J connectivity index is 0.829. The van der Waals surface area contributed by atoms with E-state index in [-0.39, 0.29) is 57.3 Å². The smallest absolute Gasteiger partial charge is 0.251 e. The molecule has 1 aliphatic carbocycles. The Kier molecular flexibility index (Phi) is 15.6. The van der Waals surface area contributed by atoms with Crippen LogP contribution in [0.5, 0.6) is 5.75 Å². The molecule has 1 fully saturated rings. The number of fused-ring (bicyclic) bond motifs is 2. The zero-order valence-corrected chi connectivity index (χ0v) is 38.6. The zero-order valence-electron chi connectivity index (χ0n) is 37.8. The fourth-order valence-electron chi connectivity index (χ4n) is 9.04. The monoisotopic (exact) mass is 910 g/mol. The lowest BCUT2D eigenvalue weighted by Gasteiger charge is -2.41. The van der Waals surface area contributed by atoms with E-state index in [9.17, 15) is 28.3 Å². The second-order valence-electron chi connectivity index (χ2n) is 18.2. The van der Waals surface area contributed by atoms with Gasteiger partial charge in [0, 0.05) is 25.6 Å². The number of β-amino-alcohol motifs (C(OH)–C–C–N with tert-alkyl or cyclic N) is 1. The molecule has 0 unspecified atom stereocenters. The topological polar surface area (TPSA) is 146 Å². The summed E-state index contributed by atoms with van der Waals surface area (Å²) in [4.78, 5) is 53.8. The minimum absolute atomic E-state index is 0.0151. The number of aliphatic hydroxyl groups is 1. The first-order valence-corrected chi connectivity index (χ1v) is 23.3. The minimum Gasteiger partial charge on any atom is -0.492 e. The van der Waals surface area contributed by atoms with Crippen LogP contribution in [0.25, 0.3) is 16.0 Å². The summed E-state index contributed by atoms with van der Waals surface area (Å²) < 4.78 is 39.1. The van der Waals surface area contributed by atoms with Gasteiger partial charge in [0.05, 0.1) is 59.9 Å². The highest BCUT2D eigenvalue weighted by atomic mass is 32.1. The number of rotatable bonds is 18. The largest absolute Gasteiger partial charge is 0.492 e. The van der Waals surface area contributed by atoms with Crippen molar-refractivity contribution in [3.8, 4) is 16.2 Å². The molecule has 5 atom stereocenters. The van der Waals surface area contributed by atoms with Crippen LogP contribution in [0.15, 0.2) is 90.1 Å². The van der Waals surface area contributed by atoms with Gasteiger partial charge in [-0.1, -0.05) is 81.5 Å². The standard InChI is InChI=1S/C50H60F2N6O6S/c1-31-22-39-38-13-9-8-12-35(38)23-40(39)45(57(31)28-43(51)52)41-19-18-37(26-53-41)64-21-11-7-6-10-20-63-29-44(60)56-47(50(3,4)5)49(62)58-27-36(59)24-42(58)48(61)54-25-33-14-16-34(17-15-33)46-32(2)55-30-65-46/h6-9,12-19,26,30-31,36,42-43,45,47,59H,10-11,20-25,27-29H2,1-5H3,(H,54,61)(H,56,60)/b7-6+/t31-,36-,42+,45+,47-/m1/s1. The summed E-state index contributed by atoms with van der Waals surface area (Å²) in [7, 11) is 0. The van der Waals surface area contributed by atoms with Crippen molar-refractivity contribution in [2.45, 2.75) is 110 Å². The molecule has 0 spiro atoms. The molecule has 4 aromatic rings. The Morgan fingerprint density at radius 2 is 1.77 bits per heavy atom. The Bertz CT molecular complexity index is 2350. The van der Waals surface area contributed by atoms with E-state index < -0.39 is 41.8 Å². The molecule has 3 N–H and O–H groups in total. The number of hydrogen-bond donors (Lipinski definition) is 3. The van der Waals surface area contributed by atoms with E-state index >= 15 is 0 Å². The van der Waals surface area contributed by atoms with Gasteiger partial charge in [0.1, 0.15) is 24.4 Å². The van der Waals surface area contributed by atoms with Gasteiger partial charge in [0.25, 0.3) is 6.43 Å². The van der Waals surface area contributed by atoms with Crippen LogP contribution in [0.3, 0.4) is 0 Å². The predicted molar refractivity (Wildman–Crippen MR) is 247 cm³/mol. The number of ether oxygens (including phenoxy) is 2. The van der Waals surface area contributed by atoms with E-state index in [1.54, 1.807) is 17.5 Å². The maximum atomic E-state index is 14.0. The van der Waals surface area contributed by atoms with E-state index in [0.29, 0.717) is 25.2 Å². The summed E-state index contributed by atoms with van der Waals surface area (Å²) in [5, 5.41) is 16.3. The van der Waals surface area contributed by atoms with E-state index in [1.807, 2.05) is 106 Å². The highest BCUT2D eigenvalue weighted by molar-refractivity contribution is 7.13. The summed E-state index contributed by atoms with van der Waals surface area (Å²) in [6.45, 7) is 9.85. The van der Waals surface area contributed by atoms with Gasteiger partial charge < -0.3 is 30.1 Å². The SMILES string of the molecule is Cc1ncsc1-c1ccc(CNC(=O)[C@@H]2C[C@@H](O)CN2C(=O)[C@@H](NC(=O)COCC/C=C/CCOc2ccc([C@@H]3C4=C(C[C@@H](C)N3CC(F)F)c3ccccc3C4)nc2)C(C)(C)C)cc1. The van der Waals surface area contributed by atoms with Gasteiger partial charge in [0.15, 0.2) is 0 Å². The Morgan fingerprint density at radius 1 is 1.02 bits per heavy atom. The molecule has 346 valence electrons. The first-order chi connectivity index (χ1) is 31.2. The fraction of sp³-hybridized carbons (Fsp3) is 0.460. The van der Waals surface area contributed by atoms with Crippen molar-refractivity contribution in [2.24, 2.45) is 5.41 Å². The van der Waals surface area contributed by atoms with E-state index in [2.05, 4.69) is 27.8 Å². The molecular formula is C50H60F2N6O6S. The van der Waals surface area contributed by atoms with Gasteiger partial charge in [0.2, 0.25) is 17.7 Å². The van der Waals surface area contributed by atoms with Gasteiger partial charge >= 0.3 is 0 Å². The molecule has 3 aliphatic rings. The third-order valence-electron chi connectivity index (χ3n) is 12.3. The molecule has 0 radical (unpaired) electrons. The number of pyridine rings is 1. The molecular weight excluding hydrogens is 851 g/mol. The molecule has 15 heteroatoms. The van der Waals surface area contributed by atoms with E-state index in [0.717, 1.165) is 45.8 Å². The van der Waals surface area contributed by atoms with Crippen LogP contribution in [0.4, 0.5) is 8.78 Å². The van der Waals surface area contributed by atoms with Gasteiger partial charge in [-0.25, -0.2) is 13.8 Å². The number of nitrogens with one attached hydrogen (secondary N) is 2. The number of aryl methyl sites for hydroxylation is 1. The number of nitrogens with zero attached hydrogens (tertiary/aromatic N) is 4. The number of benzene rings is 2. The van der Waals surface area contributed by atoms with Crippen LogP contribution in [0.2, 0.25) is 0 Å². The van der Waals surface area contributed by atoms with Crippen LogP contribution in [0, 0.1) is 12.3 Å². The number of thiazole rings is 1. The average molecular weight is 911 g/mol. The van der Waals surface area contributed by atoms with Crippen molar-refractivity contribution in [3.05, 3.63) is 118 Å². The summed E-state index contributed by atoms with van der Waals surface area (Å²) in [6.07, 6.45) is 4.99. The van der Waals surface area contributed by atoms with Crippen molar-refractivity contribution in [1.29, 1.82) is 0 Å². The van der Waals surface area contributed by atoms with Crippen molar-refractivity contribution in [3.63, 3.8) is 0 Å².